The van der Waals surface area contributed by atoms with Gasteiger partial charge in [-0.15, -0.1) is 0 Å². The average Bonchev–Trinajstić information content (AvgIpc) is 2.38. The highest BCUT2D eigenvalue weighted by Gasteiger charge is 2.18. The van der Waals surface area contributed by atoms with E-state index >= 15 is 0 Å². The fraction of sp³-hybridized carbons (Fsp3) is 0.500. The molecule has 2 N–H and O–H groups in total. The molecule has 0 heterocycles. The van der Waals surface area contributed by atoms with Crippen LogP contribution < -0.4 is 5.32 Å². The van der Waals surface area contributed by atoms with Crippen molar-refractivity contribution in [1.82, 2.24) is 10.2 Å². The van der Waals surface area contributed by atoms with Crippen LogP contribution in [0.5, 0.6) is 5.75 Å². The van der Waals surface area contributed by atoms with Gasteiger partial charge in [-0.25, -0.2) is 4.39 Å². The predicted molar refractivity (Wildman–Crippen MR) is 74.0 cm³/mol. The van der Waals surface area contributed by atoms with Gasteiger partial charge in [0.05, 0.1) is 13.2 Å². The van der Waals surface area contributed by atoms with Crippen molar-refractivity contribution in [1.29, 1.82) is 0 Å². The first-order chi connectivity index (χ1) is 9.45. The lowest BCUT2D eigenvalue weighted by Gasteiger charge is -2.24. The van der Waals surface area contributed by atoms with E-state index in [4.69, 9.17) is 4.74 Å². The molecule has 0 aliphatic rings. The molecular weight excluding hydrogens is 263 g/mol. The molecule has 5 nitrogen and oxygen atoms in total. The summed E-state index contributed by atoms with van der Waals surface area (Å²) >= 11 is 0. The highest BCUT2D eigenvalue weighted by molar-refractivity contribution is 5.78. The van der Waals surface area contributed by atoms with Gasteiger partial charge in [0.15, 0.2) is 0 Å². The highest BCUT2D eigenvalue weighted by Crippen LogP contribution is 2.24. The van der Waals surface area contributed by atoms with E-state index in [9.17, 15) is 14.3 Å². The van der Waals surface area contributed by atoms with Gasteiger partial charge in [-0.3, -0.25) is 9.69 Å². The van der Waals surface area contributed by atoms with Gasteiger partial charge in [-0.2, -0.15) is 0 Å². The first-order valence-electron chi connectivity index (χ1n) is 6.40. The van der Waals surface area contributed by atoms with E-state index in [0.717, 1.165) is 6.07 Å². The van der Waals surface area contributed by atoms with Gasteiger partial charge < -0.3 is 15.2 Å². The van der Waals surface area contributed by atoms with Gasteiger partial charge in [0, 0.05) is 31.3 Å². The van der Waals surface area contributed by atoms with Gasteiger partial charge in [-0.1, -0.05) is 6.07 Å². The number of carbonyl (C=O) groups excluding carboxylic acids is 1. The lowest BCUT2D eigenvalue weighted by molar-refractivity contribution is -0.122. The minimum Gasteiger partial charge on any atom is -0.508 e. The van der Waals surface area contributed by atoms with E-state index in [1.807, 2.05) is 0 Å². The Kier molecular flexibility index (Phi) is 6.41. The van der Waals surface area contributed by atoms with Crippen molar-refractivity contribution < 1.29 is 19.0 Å². The quantitative estimate of drug-likeness (QED) is 0.741. The Morgan fingerprint density at radius 3 is 2.85 bits per heavy atom. The molecule has 1 aromatic carbocycles. The Bertz CT molecular complexity index is 454. The molecule has 6 heteroatoms. The summed E-state index contributed by atoms with van der Waals surface area (Å²) < 4.78 is 18.6. The van der Waals surface area contributed by atoms with Crippen molar-refractivity contribution in [3.8, 4) is 5.75 Å². The second-order valence-corrected chi connectivity index (χ2v) is 4.64. The van der Waals surface area contributed by atoms with Crippen molar-refractivity contribution in [2.75, 3.05) is 33.9 Å². The van der Waals surface area contributed by atoms with E-state index < -0.39 is 5.82 Å². The Morgan fingerprint density at radius 1 is 1.55 bits per heavy atom. The number of carbonyl (C=O) groups is 1. The molecule has 0 aromatic heterocycles. The molecule has 0 aliphatic heterocycles. The van der Waals surface area contributed by atoms with E-state index in [1.54, 1.807) is 26.0 Å². The molecule has 1 rings (SSSR count). The minimum atomic E-state index is -0.482. The second-order valence-electron chi connectivity index (χ2n) is 4.64. The number of amides is 1. The first-order valence-corrected chi connectivity index (χ1v) is 6.40. The number of methoxy groups -OCH3 is 1. The van der Waals surface area contributed by atoms with E-state index in [2.05, 4.69) is 5.32 Å². The third-order valence-corrected chi connectivity index (χ3v) is 3.12. The number of ether oxygens (including phenoxy) is 1. The molecule has 0 bridgehead atoms. The summed E-state index contributed by atoms with van der Waals surface area (Å²) in [7, 11) is 3.31. The first kappa shape index (κ1) is 16.4. The summed E-state index contributed by atoms with van der Waals surface area (Å²) in [6.07, 6.45) is 0. The number of halogens is 1. The topological polar surface area (TPSA) is 61.8 Å². The van der Waals surface area contributed by atoms with Crippen LogP contribution in [0.4, 0.5) is 4.39 Å². The number of hydrogen-bond donors (Lipinski definition) is 2. The van der Waals surface area contributed by atoms with Crippen LogP contribution in [0, 0.1) is 5.82 Å². The Hall–Kier alpha value is -1.66. The van der Waals surface area contributed by atoms with Crippen molar-refractivity contribution in [3.05, 3.63) is 29.6 Å². The van der Waals surface area contributed by atoms with Crippen molar-refractivity contribution >= 4 is 5.91 Å². The SMILES string of the molecule is COCCNC(=O)CN(C)C(C)c1ccc(O)cc1F. The van der Waals surface area contributed by atoms with Gasteiger partial charge in [0.25, 0.3) is 0 Å². The Morgan fingerprint density at radius 2 is 2.25 bits per heavy atom. The number of aromatic hydroxyl groups is 1. The molecule has 0 radical (unpaired) electrons. The molecule has 1 atom stereocenters. The Balaban J connectivity index is 2.58. The summed E-state index contributed by atoms with van der Waals surface area (Å²) in [4.78, 5) is 13.4. The molecule has 1 unspecified atom stereocenters. The van der Waals surface area contributed by atoms with E-state index in [-0.39, 0.29) is 24.2 Å². The lowest BCUT2D eigenvalue weighted by Crippen LogP contribution is -2.37. The van der Waals surface area contributed by atoms with Gasteiger partial charge in [-0.05, 0) is 20.0 Å². The maximum absolute atomic E-state index is 13.7. The third kappa shape index (κ3) is 4.79. The van der Waals surface area contributed by atoms with Crippen molar-refractivity contribution in [3.63, 3.8) is 0 Å². The fourth-order valence-corrected chi connectivity index (χ4v) is 1.80. The van der Waals surface area contributed by atoms with Gasteiger partial charge in [0.2, 0.25) is 5.91 Å². The van der Waals surface area contributed by atoms with Gasteiger partial charge in [0.1, 0.15) is 11.6 Å². The van der Waals surface area contributed by atoms with Crippen LogP contribution in [0.1, 0.15) is 18.5 Å². The van der Waals surface area contributed by atoms with Crippen LogP contribution >= 0.6 is 0 Å². The predicted octanol–water partition coefficient (Wildman–Crippen LogP) is 1.29. The van der Waals surface area contributed by atoms with Crippen molar-refractivity contribution in [2.45, 2.75) is 13.0 Å². The van der Waals surface area contributed by atoms with Crippen LogP contribution in [-0.4, -0.2) is 49.8 Å². The molecule has 0 saturated carbocycles. The summed E-state index contributed by atoms with van der Waals surface area (Å²) in [5.74, 6) is -0.738. The smallest absolute Gasteiger partial charge is 0.234 e. The monoisotopic (exact) mass is 284 g/mol. The number of hydrogen-bond acceptors (Lipinski definition) is 4. The van der Waals surface area contributed by atoms with Crippen LogP contribution in [0.3, 0.4) is 0 Å². The minimum absolute atomic E-state index is 0.113. The molecule has 112 valence electrons. The van der Waals surface area contributed by atoms with Crippen LogP contribution in [-0.2, 0) is 9.53 Å². The number of phenols is 1. The van der Waals surface area contributed by atoms with Crippen LogP contribution in [0.2, 0.25) is 0 Å². The number of rotatable bonds is 7. The molecule has 20 heavy (non-hydrogen) atoms. The standard InChI is InChI=1S/C14H21FN2O3/c1-10(12-5-4-11(18)8-13(12)15)17(2)9-14(19)16-6-7-20-3/h4-5,8,10,18H,6-7,9H2,1-3H3,(H,16,19). The lowest BCUT2D eigenvalue weighted by atomic mass is 10.1. The third-order valence-electron chi connectivity index (χ3n) is 3.12. The number of likely N-dealkylation sites (N-methyl/N-ethyl adjacent to an activating group) is 1. The fourth-order valence-electron chi connectivity index (χ4n) is 1.80. The summed E-state index contributed by atoms with van der Waals surface area (Å²) in [5, 5.41) is 11.9. The molecule has 0 saturated heterocycles. The molecule has 0 spiro atoms. The maximum atomic E-state index is 13.7. The second kappa shape index (κ2) is 7.81. The average molecular weight is 284 g/mol. The maximum Gasteiger partial charge on any atom is 0.234 e. The van der Waals surface area contributed by atoms with E-state index in [0.29, 0.717) is 18.7 Å². The summed E-state index contributed by atoms with van der Waals surface area (Å²) in [6, 6.07) is 3.75. The van der Waals surface area contributed by atoms with Crippen LogP contribution in [0.15, 0.2) is 18.2 Å². The number of nitrogens with zero attached hydrogens (tertiary/aromatic N) is 1. The number of nitrogens with one attached hydrogen (secondary N) is 1. The Labute approximate surface area is 118 Å². The molecule has 1 aromatic rings. The van der Waals surface area contributed by atoms with Crippen molar-refractivity contribution in [2.24, 2.45) is 0 Å². The molecule has 1 amide bonds. The summed E-state index contributed by atoms with van der Waals surface area (Å²) in [5.41, 5.74) is 0.440. The summed E-state index contributed by atoms with van der Waals surface area (Å²) in [6.45, 7) is 2.87. The zero-order chi connectivity index (χ0) is 15.1. The zero-order valence-electron chi connectivity index (χ0n) is 12.0. The highest BCUT2D eigenvalue weighted by atomic mass is 19.1. The molecule has 0 aliphatic carbocycles. The number of benzene rings is 1. The largest absolute Gasteiger partial charge is 0.508 e. The van der Waals surface area contributed by atoms with Gasteiger partial charge >= 0.3 is 0 Å². The zero-order valence-corrected chi connectivity index (χ0v) is 12.0. The normalized spacial score (nSPS) is 12.4. The number of phenolic OH excluding ortho intramolecular Hbond substituents is 1. The molecular formula is C14H21FN2O3. The van der Waals surface area contributed by atoms with E-state index in [1.165, 1.54) is 12.1 Å². The molecule has 0 fully saturated rings. The van der Waals surface area contributed by atoms with Crippen LogP contribution in [0.25, 0.3) is 0 Å².